The van der Waals surface area contributed by atoms with Gasteiger partial charge in [-0.2, -0.15) is 0 Å². The summed E-state index contributed by atoms with van der Waals surface area (Å²) in [6.45, 7) is 0. The number of rotatable bonds is 4. The number of hydrogen-bond acceptors (Lipinski definition) is 4. The first-order valence-electron chi connectivity index (χ1n) is 9.47. The Morgan fingerprint density at radius 3 is 2.22 bits per heavy atom. The van der Waals surface area contributed by atoms with Gasteiger partial charge in [0.05, 0.1) is 5.69 Å². The van der Waals surface area contributed by atoms with Crippen LogP contribution in [-0.4, -0.2) is 20.7 Å². The maximum absolute atomic E-state index is 13.1. The van der Waals surface area contributed by atoms with Gasteiger partial charge in [0.2, 0.25) is 0 Å². The van der Waals surface area contributed by atoms with Crippen molar-refractivity contribution in [3.05, 3.63) is 131 Å². The fourth-order valence-corrected chi connectivity index (χ4v) is 3.26. The molecule has 4 aromatic rings. The minimum atomic E-state index is -0.497. The molecule has 2 heterocycles. The summed E-state index contributed by atoms with van der Waals surface area (Å²) in [5.74, 6) is -0.710. The maximum atomic E-state index is 13.1. The second kappa shape index (κ2) is 9.07. The number of aromatic amines is 2. The van der Waals surface area contributed by atoms with Gasteiger partial charge in [0.1, 0.15) is 16.5 Å². The molecule has 6 nitrogen and oxygen atoms in total. The van der Waals surface area contributed by atoms with Crippen LogP contribution in [0.3, 0.4) is 0 Å². The van der Waals surface area contributed by atoms with Gasteiger partial charge in [-0.25, -0.2) is 4.39 Å². The fourth-order valence-electron chi connectivity index (χ4n) is 3.02. The Hall–Kier alpha value is -3.91. The van der Waals surface area contributed by atoms with E-state index in [0.717, 1.165) is 4.47 Å². The highest BCUT2D eigenvalue weighted by Gasteiger charge is 2.09. The van der Waals surface area contributed by atoms with Gasteiger partial charge in [0, 0.05) is 21.8 Å². The Kier molecular flexibility index (Phi) is 6.04. The number of carbonyl (C=O) groups is 1. The Labute approximate surface area is 188 Å². The summed E-state index contributed by atoms with van der Waals surface area (Å²) in [6, 6.07) is 15.3. The minimum absolute atomic E-state index is 0.0438. The van der Waals surface area contributed by atoms with Crippen molar-refractivity contribution in [2.75, 3.05) is 0 Å². The van der Waals surface area contributed by atoms with Gasteiger partial charge >= 0.3 is 0 Å². The first-order valence-corrected chi connectivity index (χ1v) is 10.3. The number of ketones is 1. The van der Waals surface area contributed by atoms with E-state index in [9.17, 15) is 18.8 Å². The van der Waals surface area contributed by atoms with Crippen LogP contribution in [-0.2, 0) is 0 Å². The number of pyridine rings is 1. The van der Waals surface area contributed by atoms with Gasteiger partial charge < -0.3 is 9.97 Å². The summed E-state index contributed by atoms with van der Waals surface area (Å²) in [4.78, 5) is 46.9. The van der Waals surface area contributed by atoms with E-state index in [1.54, 1.807) is 42.6 Å². The van der Waals surface area contributed by atoms with Crippen LogP contribution >= 0.6 is 15.9 Å². The number of nitrogens with zero attached hydrogens (tertiary/aromatic N) is 1. The van der Waals surface area contributed by atoms with Crippen LogP contribution in [0.4, 0.5) is 4.39 Å². The third-order valence-electron chi connectivity index (χ3n) is 4.59. The summed E-state index contributed by atoms with van der Waals surface area (Å²) in [5.41, 5.74) is 0.789. The Morgan fingerprint density at radius 1 is 0.875 bits per heavy atom. The van der Waals surface area contributed by atoms with E-state index in [2.05, 4.69) is 30.9 Å². The summed E-state index contributed by atoms with van der Waals surface area (Å²) in [7, 11) is 0. The largest absolute Gasteiger partial charge is 0.316 e. The summed E-state index contributed by atoms with van der Waals surface area (Å²) >= 11 is 3.29. The fraction of sp³-hybridized carbons (Fsp3) is 0. The molecule has 0 radical (unpaired) electrons. The molecule has 0 atom stereocenters. The topological polar surface area (TPSA) is 95.7 Å². The molecule has 2 N–H and O–H groups in total. The molecule has 2 aromatic carbocycles. The van der Waals surface area contributed by atoms with Crippen molar-refractivity contribution in [3.63, 3.8) is 0 Å². The lowest BCUT2D eigenvalue weighted by molar-refractivity contribution is 0.103. The predicted molar refractivity (Wildman–Crippen MR) is 122 cm³/mol. The first-order chi connectivity index (χ1) is 15.4. The van der Waals surface area contributed by atoms with E-state index in [-0.39, 0.29) is 16.5 Å². The second-order valence-electron chi connectivity index (χ2n) is 6.89. The zero-order valence-corrected chi connectivity index (χ0v) is 18.0. The van der Waals surface area contributed by atoms with Crippen LogP contribution in [0.5, 0.6) is 0 Å². The number of benzene rings is 2. The van der Waals surface area contributed by atoms with Crippen molar-refractivity contribution in [1.82, 2.24) is 15.0 Å². The van der Waals surface area contributed by atoms with Crippen molar-refractivity contribution in [2.45, 2.75) is 0 Å². The number of carbonyl (C=O) groups excluding carboxylic acids is 1. The Balaban J connectivity index is 1.71. The van der Waals surface area contributed by atoms with Crippen LogP contribution in [0.15, 0.2) is 80.9 Å². The minimum Gasteiger partial charge on any atom is -0.316 e. The summed E-state index contributed by atoms with van der Waals surface area (Å²) in [5, 5.41) is 0.115. The van der Waals surface area contributed by atoms with Crippen LogP contribution in [0.1, 0.15) is 27.2 Å². The SMILES string of the molecule is O=C(c1ccc(F)cc1)c1cccc(C=c2[nH]c(=O)c(=Cc3ccc(Br)cn3)[nH]c2=O)c1. The van der Waals surface area contributed by atoms with E-state index in [1.165, 1.54) is 36.4 Å². The van der Waals surface area contributed by atoms with E-state index in [1.807, 2.05) is 0 Å². The molecule has 2 aromatic heterocycles. The molecule has 4 rings (SSSR count). The molecule has 0 aliphatic heterocycles. The molecule has 0 fully saturated rings. The smallest absolute Gasteiger partial charge is 0.272 e. The quantitative estimate of drug-likeness (QED) is 0.428. The van der Waals surface area contributed by atoms with E-state index in [4.69, 9.17) is 0 Å². The van der Waals surface area contributed by atoms with Gasteiger partial charge in [0.15, 0.2) is 5.78 Å². The number of nitrogens with one attached hydrogen (secondary N) is 2. The molecule has 158 valence electrons. The standard InChI is InChI=1S/C24H15BrFN3O3/c25-17-6-9-19(27-13-17)12-21-24(32)28-20(23(31)29-21)11-14-2-1-3-16(10-14)22(30)15-4-7-18(26)8-5-15/h1-13H,(H,28,32)(H,29,31). The average molecular weight is 492 g/mol. The van der Waals surface area contributed by atoms with E-state index < -0.39 is 16.9 Å². The van der Waals surface area contributed by atoms with Crippen molar-refractivity contribution in [3.8, 4) is 0 Å². The maximum Gasteiger partial charge on any atom is 0.272 e. The third-order valence-corrected chi connectivity index (χ3v) is 5.06. The number of aromatic nitrogens is 3. The molecule has 0 aliphatic carbocycles. The molecule has 32 heavy (non-hydrogen) atoms. The van der Waals surface area contributed by atoms with Crippen molar-refractivity contribution in [1.29, 1.82) is 0 Å². The zero-order chi connectivity index (χ0) is 22.7. The third kappa shape index (κ3) is 4.87. The molecule has 8 heteroatoms. The highest BCUT2D eigenvalue weighted by Crippen LogP contribution is 2.13. The highest BCUT2D eigenvalue weighted by atomic mass is 79.9. The average Bonchev–Trinajstić information content (AvgIpc) is 2.79. The summed E-state index contributed by atoms with van der Waals surface area (Å²) < 4.78 is 13.9. The Bertz CT molecular complexity index is 1540. The van der Waals surface area contributed by atoms with Crippen molar-refractivity contribution < 1.29 is 9.18 Å². The van der Waals surface area contributed by atoms with Crippen LogP contribution in [0.2, 0.25) is 0 Å². The predicted octanol–water partition coefficient (Wildman–Crippen LogP) is 2.25. The monoisotopic (exact) mass is 491 g/mol. The highest BCUT2D eigenvalue weighted by molar-refractivity contribution is 9.10. The molecule has 0 amide bonds. The molecule has 0 saturated carbocycles. The van der Waals surface area contributed by atoms with Gasteiger partial charge in [-0.05, 0) is 76.1 Å². The molecule has 0 spiro atoms. The van der Waals surface area contributed by atoms with Crippen LogP contribution in [0.25, 0.3) is 12.2 Å². The molecular weight excluding hydrogens is 477 g/mol. The number of hydrogen-bond donors (Lipinski definition) is 2. The molecule has 0 saturated heterocycles. The normalized spacial score (nSPS) is 12.2. The lowest BCUT2D eigenvalue weighted by Gasteiger charge is -2.02. The second-order valence-corrected chi connectivity index (χ2v) is 7.80. The van der Waals surface area contributed by atoms with Crippen molar-refractivity contribution in [2.24, 2.45) is 0 Å². The molecule has 0 aliphatic rings. The van der Waals surface area contributed by atoms with Crippen molar-refractivity contribution >= 4 is 33.9 Å². The number of H-pyrrole nitrogens is 2. The van der Waals surface area contributed by atoms with Crippen LogP contribution in [0, 0.1) is 5.82 Å². The lowest BCUT2D eigenvalue weighted by atomic mass is 10.0. The zero-order valence-electron chi connectivity index (χ0n) is 16.4. The van der Waals surface area contributed by atoms with E-state index >= 15 is 0 Å². The van der Waals surface area contributed by atoms with E-state index in [0.29, 0.717) is 22.4 Å². The molecule has 0 unspecified atom stereocenters. The van der Waals surface area contributed by atoms with Gasteiger partial charge in [0.25, 0.3) is 11.1 Å². The van der Waals surface area contributed by atoms with Crippen LogP contribution < -0.4 is 21.8 Å². The molecular formula is C24H15BrFN3O3. The lowest BCUT2D eigenvalue weighted by Crippen LogP contribution is -2.46. The van der Waals surface area contributed by atoms with Gasteiger partial charge in [-0.15, -0.1) is 0 Å². The number of halogens is 2. The summed E-state index contributed by atoms with van der Waals surface area (Å²) in [6.07, 6.45) is 4.53. The van der Waals surface area contributed by atoms with Gasteiger partial charge in [-0.3, -0.25) is 19.4 Å². The molecule has 0 bridgehead atoms. The van der Waals surface area contributed by atoms with Gasteiger partial charge in [-0.1, -0.05) is 18.2 Å². The first kappa shape index (κ1) is 21.3. The Morgan fingerprint density at radius 2 is 1.56 bits per heavy atom.